The number of aliphatic carboxylic acids is 1. The quantitative estimate of drug-likeness (QED) is 0.402. The SMILES string of the molecule is CCCCCCC=C[C@H]1C2CC(N=N2)[C@@H]1CC=CCCC(O)C(=O)O. The van der Waals surface area contributed by atoms with Gasteiger partial charge in [-0.1, -0.05) is 50.5 Å². The second-order valence-electron chi connectivity index (χ2n) is 7.26. The Balaban J connectivity index is 1.75. The van der Waals surface area contributed by atoms with Gasteiger partial charge in [0.1, 0.15) is 0 Å². The molecule has 0 aromatic rings. The Kier molecular flexibility index (Phi) is 8.32. The van der Waals surface area contributed by atoms with Gasteiger partial charge in [-0.05, 0) is 44.4 Å². The molecule has 1 aliphatic heterocycles. The van der Waals surface area contributed by atoms with E-state index >= 15 is 0 Å². The van der Waals surface area contributed by atoms with Gasteiger partial charge in [-0.15, -0.1) is 0 Å². The highest BCUT2D eigenvalue weighted by Crippen LogP contribution is 2.44. The molecule has 5 nitrogen and oxygen atoms in total. The molecule has 5 atom stereocenters. The summed E-state index contributed by atoms with van der Waals surface area (Å²) in [7, 11) is 0. The molecule has 2 rings (SSSR count). The highest BCUT2D eigenvalue weighted by atomic mass is 16.4. The average molecular weight is 348 g/mol. The smallest absolute Gasteiger partial charge is 0.332 e. The van der Waals surface area contributed by atoms with E-state index in [1.54, 1.807) is 0 Å². The van der Waals surface area contributed by atoms with Crippen LogP contribution in [0.5, 0.6) is 0 Å². The first-order chi connectivity index (χ1) is 12.1. The molecule has 5 heteroatoms. The Morgan fingerprint density at radius 2 is 1.92 bits per heavy atom. The summed E-state index contributed by atoms with van der Waals surface area (Å²) >= 11 is 0. The standard InChI is InChI=1S/C20H32N2O3/c1-2-3-4-5-6-8-11-15-16(18-14-17(15)21-22-18)12-9-7-10-13-19(23)20(24)25/h7-9,11,15-19,23H,2-6,10,12-14H2,1H3,(H,24,25)/t15-,16-,17?,18?,19?/m1/s1. The highest BCUT2D eigenvalue weighted by molar-refractivity contribution is 5.71. The number of allylic oxidation sites excluding steroid dienone is 3. The largest absolute Gasteiger partial charge is 0.479 e. The lowest BCUT2D eigenvalue weighted by molar-refractivity contribution is -0.146. The van der Waals surface area contributed by atoms with Crippen LogP contribution >= 0.6 is 0 Å². The maximum atomic E-state index is 10.6. The van der Waals surface area contributed by atoms with Crippen molar-refractivity contribution in [2.75, 3.05) is 0 Å². The number of nitrogens with zero attached hydrogens (tertiary/aromatic N) is 2. The zero-order chi connectivity index (χ0) is 18.1. The second-order valence-corrected chi connectivity index (χ2v) is 7.26. The van der Waals surface area contributed by atoms with Crippen molar-refractivity contribution in [2.45, 2.75) is 82.9 Å². The first-order valence-electron chi connectivity index (χ1n) is 9.76. The molecule has 1 fully saturated rings. The van der Waals surface area contributed by atoms with Crippen molar-refractivity contribution < 1.29 is 15.0 Å². The minimum atomic E-state index is -1.26. The molecule has 2 N–H and O–H groups in total. The predicted octanol–water partition coefficient (Wildman–Crippen LogP) is 4.52. The van der Waals surface area contributed by atoms with E-state index in [4.69, 9.17) is 5.11 Å². The molecule has 2 aliphatic rings. The Hall–Kier alpha value is -1.49. The first-order valence-corrected chi connectivity index (χ1v) is 9.76. The molecule has 1 heterocycles. The van der Waals surface area contributed by atoms with Crippen LogP contribution in [-0.2, 0) is 4.79 Å². The van der Waals surface area contributed by atoms with Crippen molar-refractivity contribution in [1.82, 2.24) is 0 Å². The van der Waals surface area contributed by atoms with Crippen LogP contribution in [0.25, 0.3) is 0 Å². The molecule has 0 spiro atoms. The van der Waals surface area contributed by atoms with Crippen molar-refractivity contribution in [3.05, 3.63) is 24.3 Å². The first kappa shape index (κ1) is 19.8. The molecule has 0 aromatic heterocycles. The Morgan fingerprint density at radius 3 is 2.68 bits per heavy atom. The monoisotopic (exact) mass is 348 g/mol. The van der Waals surface area contributed by atoms with Crippen LogP contribution in [0.4, 0.5) is 0 Å². The maximum Gasteiger partial charge on any atom is 0.332 e. The van der Waals surface area contributed by atoms with Crippen molar-refractivity contribution in [1.29, 1.82) is 0 Å². The summed E-state index contributed by atoms with van der Waals surface area (Å²) in [6.07, 6.45) is 16.7. The summed E-state index contributed by atoms with van der Waals surface area (Å²) < 4.78 is 0. The van der Waals surface area contributed by atoms with E-state index in [0.717, 1.165) is 19.3 Å². The minimum Gasteiger partial charge on any atom is -0.479 e. The van der Waals surface area contributed by atoms with Gasteiger partial charge in [-0.2, -0.15) is 10.2 Å². The predicted molar refractivity (Wildman–Crippen MR) is 98.6 cm³/mol. The zero-order valence-electron chi connectivity index (χ0n) is 15.3. The molecule has 3 unspecified atom stereocenters. The van der Waals surface area contributed by atoms with Gasteiger partial charge in [-0.3, -0.25) is 0 Å². The summed E-state index contributed by atoms with van der Waals surface area (Å²) in [4.78, 5) is 10.6. The number of aliphatic hydroxyl groups is 1. The number of fused-ring (bicyclic) bond motifs is 2. The fraction of sp³-hybridized carbons (Fsp3) is 0.750. The number of unbranched alkanes of at least 4 members (excludes halogenated alkanes) is 4. The number of azo groups is 1. The zero-order valence-corrected chi connectivity index (χ0v) is 15.3. The van der Waals surface area contributed by atoms with Crippen LogP contribution < -0.4 is 0 Å². The van der Waals surface area contributed by atoms with E-state index in [1.165, 1.54) is 25.7 Å². The van der Waals surface area contributed by atoms with Gasteiger partial charge in [0.25, 0.3) is 0 Å². The fourth-order valence-corrected chi connectivity index (χ4v) is 3.83. The third kappa shape index (κ3) is 6.07. The van der Waals surface area contributed by atoms with Crippen molar-refractivity contribution >= 4 is 5.97 Å². The molecule has 140 valence electrons. The van der Waals surface area contributed by atoms with Gasteiger partial charge in [0, 0.05) is 5.92 Å². The summed E-state index contributed by atoms with van der Waals surface area (Å²) in [6.45, 7) is 2.23. The van der Waals surface area contributed by atoms with E-state index in [9.17, 15) is 9.90 Å². The molecule has 0 radical (unpaired) electrons. The van der Waals surface area contributed by atoms with Gasteiger partial charge in [-0.25, -0.2) is 4.79 Å². The molecule has 0 amide bonds. The van der Waals surface area contributed by atoms with Crippen molar-refractivity contribution in [3.8, 4) is 0 Å². The van der Waals surface area contributed by atoms with Gasteiger partial charge < -0.3 is 10.2 Å². The summed E-state index contributed by atoms with van der Waals surface area (Å²) in [5.74, 6) is -0.149. The summed E-state index contributed by atoms with van der Waals surface area (Å²) in [6, 6.07) is 0.693. The number of hydrogen-bond donors (Lipinski definition) is 2. The topological polar surface area (TPSA) is 82.2 Å². The lowest BCUT2D eigenvalue weighted by Gasteiger charge is -2.22. The van der Waals surface area contributed by atoms with Crippen LogP contribution in [0.2, 0.25) is 0 Å². The van der Waals surface area contributed by atoms with Gasteiger partial charge in [0.15, 0.2) is 6.10 Å². The van der Waals surface area contributed by atoms with Crippen molar-refractivity contribution in [2.24, 2.45) is 22.1 Å². The third-order valence-corrected chi connectivity index (χ3v) is 5.33. The number of carboxylic acids is 1. The normalized spacial score (nSPS) is 29.2. The molecule has 0 saturated heterocycles. The number of hydrogen-bond acceptors (Lipinski definition) is 4. The summed E-state index contributed by atoms with van der Waals surface area (Å²) in [5.41, 5.74) is 0. The maximum absolute atomic E-state index is 10.6. The Bertz CT molecular complexity index is 501. The molecular formula is C20H32N2O3. The number of rotatable bonds is 12. The molecule has 1 saturated carbocycles. The van der Waals surface area contributed by atoms with Crippen LogP contribution in [0.1, 0.15) is 64.7 Å². The van der Waals surface area contributed by atoms with Crippen LogP contribution in [0.15, 0.2) is 34.5 Å². The summed E-state index contributed by atoms with van der Waals surface area (Å²) in [5, 5.41) is 26.7. The number of carbonyl (C=O) groups is 1. The molecular weight excluding hydrogens is 316 g/mol. The highest BCUT2D eigenvalue weighted by Gasteiger charge is 2.45. The fourth-order valence-electron chi connectivity index (χ4n) is 3.83. The van der Waals surface area contributed by atoms with E-state index in [-0.39, 0.29) is 6.42 Å². The molecule has 1 aliphatic carbocycles. The molecule has 0 aromatic carbocycles. The lowest BCUT2D eigenvalue weighted by Crippen LogP contribution is -2.21. The molecule has 2 bridgehead atoms. The average Bonchev–Trinajstić information content (AvgIpc) is 3.19. The van der Waals surface area contributed by atoms with Crippen LogP contribution in [-0.4, -0.2) is 34.4 Å². The number of carboxylic acid groups (broad SMARTS) is 1. The second kappa shape index (κ2) is 10.5. The third-order valence-electron chi connectivity index (χ3n) is 5.33. The minimum absolute atomic E-state index is 0.267. The van der Waals surface area contributed by atoms with E-state index in [0.29, 0.717) is 30.3 Å². The Morgan fingerprint density at radius 1 is 1.12 bits per heavy atom. The van der Waals surface area contributed by atoms with Crippen molar-refractivity contribution in [3.63, 3.8) is 0 Å². The van der Waals surface area contributed by atoms with Crippen LogP contribution in [0, 0.1) is 11.8 Å². The number of aliphatic hydroxyl groups excluding tert-OH is 1. The van der Waals surface area contributed by atoms with E-state index < -0.39 is 12.1 Å². The Labute approximate surface area is 150 Å². The van der Waals surface area contributed by atoms with E-state index in [1.807, 2.05) is 6.08 Å². The van der Waals surface area contributed by atoms with E-state index in [2.05, 4.69) is 35.4 Å². The van der Waals surface area contributed by atoms with Gasteiger partial charge in [0.2, 0.25) is 0 Å². The molecule has 25 heavy (non-hydrogen) atoms. The van der Waals surface area contributed by atoms with Gasteiger partial charge in [0.05, 0.1) is 12.1 Å². The lowest BCUT2D eigenvalue weighted by atomic mass is 9.87. The van der Waals surface area contributed by atoms with Gasteiger partial charge >= 0.3 is 5.97 Å². The van der Waals surface area contributed by atoms with Crippen LogP contribution in [0.3, 0.4) is 0 Å².